The Labute approximate surface area is 141 Å². The number of likely N-dealkylation sites (tertiary alicyclic amines) is 1. The SMILES string of the molecule is CNc1cnc(CC2CCCN(C(=O)c3ncoc3C)CC2)cn1. The number of amides is 1. The number of rotatable bonds is 4. The lowest BCUT2D eigenvalue weighted by atomic mass is 9.95. The molecule has 1 aliphatic rings. The first-order chi connectivity index (χ1) is 11.7. The fourth-order valence-electron chi connectivity index (χ4n) is 3.12. The molecule has 2 aromatic heterocycles. The highest BCUT2D eigenvalue weighted by Crippen LogP contribution is 2.22. The van der Waals surface area contributed by atoms with E-state index in [1.165, 1.54) is 6.39 Å². The Bertz CT molecular complexity index is 683. The van der Waals surface area contributed by atoms with Gasteiger partial charge in [0.25, 0.3) is 5.91 Å². The van der Waals surface area contributed by atoms with Gasteiger partial charge in [-0.3, -0.25) is 9.78 Å². The molecule has 3 heterocycles. The number of hydrogen-bond acceptors (Lipinski definition) is 6. The van der Waals surface area contributed by atoms with Gasteiger partial charge in [0.2, 0.25) is 0 Å². The van der Waals surface area contributed by atoms with Crippen molar-refractivity contribution in [2.24, 2.45) is 5.92 Å². The molecule has 1 aliphatic heterocycles. The van der Waals surface area contributed by atoms with E-state index in [0.29, 0.717) is 17.4 Å². The quantitative estimate of drug-likeness (QED) is 0.926. The number of aryl methyl sites for hydroxylation is 1. The van der Waals surface area contributed by atoms with E-state index in [2.05, 4.69) is 20.3 Å². The van der Waals surface area contributed by atoms with Gasteiger partial charge in [0.05, 0.1) is 18.1 Å². The zero-order valence-corrected chi connectivity index (χ0v) is 14.2. The van der Waals surface area contributed by atoms with Crippen LogP contribution in [0, 0.1) is 12.8 Å². The summed E-state index contributed by atoms with van der Waals surface area (Å²) in [5.41, 5.74) is 1.44. The zero-order chi connectivity index (χ0) is 16.9. The fourth-order valence-corrected chi connectivity index (χ4v) is 3.12. The van der Waals surface area contributed by atoms with Crippen molar-refractivity contribution in [3.8, 4) is 0 Å². The smallest absolute Gasteiger partial charge is 0.276 e. The predicted molar refractivity (Wildman–Crippen MR) is 89.8 cm³/mol. The van der Waals surface area contributed by atoms with E-state index in [1.807, 2.05) is 18.1 Å². The van der Waals surface area contributed by atoms with Gasteiger partial charge in [-0.05, 0) is 38.5 Å². The summed E-state index contributed by atoms with van der Waals surface area (Å²) in [5, 5.41) is 2.97. The molecule has 2 aromatic rings. The molecule has 0 spiro atoms. The van der Waals surface area contributed by atoms with Crippen molar-refractivity contribution in [3.05, 3.63) is 35.9 Å². The van der Waals surface area contributed by atoms with Crippen LogP contribution in [-0.2, 0) is 6.42 Å². The van der Waals surface area contributed by atoms with Gasteiger partial charge in [0.15, 0.2) is 12.1 Å². The van der Waals surface area contributed by atoms with Gasteiger partial charge in [0, 0.05) is 20.1 Å². The highest BCUT2D eigenvalue weighted by atomic mass is 16.3. The minimum absolute atomic E-state index is 0.0277. The molecule has 0 saturated carbocycles. The van der Waals surface area contributed by atoms with Gasteiger partial charge in [-0.15, -0.1) is 0 Å². The molecule has 1 unspecified atom stereocenters. The van der Waals surface area contributed by atoms with Gasteiger partial charge in [-0.2, -0.15) is 0 Å². The summed E-state index contributed by atoms with van der Waals surface area (Å²) in [7, 11) is 1.83. The van der Waals surface area contributed by atoms with E-state index in [0.717, 1.165) is 50.3 Å². The Hall–Kier alpha value is -2.44. The Balaban J connectivity index is 1.58. The van der Waals surface area contributed by atoms with E-state index in [1.54, 1.807) is 13.1 Å². The van der Waals surface area contributed by atoms with Crippen molar-refractivity contribution in [2.75, 3.05) is 25.5 Å². The van der Waals surface area contributed by atoms with Crippen molar-refractivity contribution in [2.45, 2.75) is 32.6 Å². The molecule has 0 radical (unpaired) electrons. The third kappa shape index (κ3) is 3.72. The Morgan fingerprint density at radius 1 is 1.29 bits per heavy atom. The predicted octanol–water partition coefficient (Wildman–Crippen LogP) is 2.30. The van der Waals surface area contributed by atoms with Crippen LogP contribution in [0.15, 0.2) is 23.2 Å². The first-order valence-electron chi connectivity index (χ1n) is 8.35. The average molecular weight is 329 g/mol. The molecule has 1 amide bonds. The van der Waals surface area contributed by atoms with Crippen LogP contribution in [0.3, 0.4) is 0 Å². The summed E-state index contributed by atoms with van der Waals surface area (Å²) in [4.78, 5) is 27.2. The van der Waals surface area contributed by atoms with E-state index in [9.17, 15) is 4.79 Å². The van der Waals surface area contributed by atoms with Crippen LogP contribution in [0.4, 0.5) is 5.82 Å². The standard InChI is InChI=1S/C17H23N5O2/c1-12-16(21-11-24-12)17(23)22-6-3-4-13(5-7-22)8-14-9-20-15(18-2)10-19-14/h9-11,13H,3-8H2,1-2H3,(H,18,20). The normalized spacial score (nSPS) is 18.2. The zero-order valence-electron chi connectivity index (χ0n) is 14.2. The number of nitrogens with zero attached hydrogens (tertiary/aromatic N) is 4. The maximum atomic E-state index is 12.5. The van der Waals surface area contributed by atoms with Gasteiger partial charge in [-0.25, -0.2) is 9.97 Å². The highest BCUT2D eigenvalue weighted by molar-refractivity contribution is 5.93. The number of aromatic nitrogens is 3. The first-order valence-corrected chi connectivity index (χ1v) is 8.35. The molecule has 7 heteroatoms. The van der Waals surface area contributed by atoms with Crippen LogP contribution in [-0.4, -0.2) is 45.9 Å². The minimum atomic E-state index is -0.0277. The second kappa shape index (κ2) is 7.42. The Kier molecular flexibility index (Phi) is 5.08. The second-order valence-electron chi connectivity index (χ2n) is 6.19. The molecule has 1 atom stereocenters. The largest absolute Gasteiger partial charge is 0.448 e. The molecular weight excluding hydrogens is 306 g/mol. The lowest BCUT2D eigenvalue weighted by Gasteiger charge is -2.19. The average Bonchev–Trinajstić information content (AvgIpc) is 2.89. The molecule has 1 N–H and O–H groups in total. The summed E-state index contributed by atoms with van der Waals surface area (Å²) in [6, 6.07) is 0. The Morgan fingerprint density at radius 3 is 2.83 bits per heavy atom. The summed E-state index contributed by atoms with van der Waals surface area (Å²) >= 11 is 0. The Morgan fingerprint density at radius 2 is 2.17 bits per heavy atom. The summed E-state index contributed by atoms with van der Waals surface area (Å²) < 4.78 is 5.15. The lowest BCUT2D eigenvalue weighted by molar-refractivity contribution is 0.0753. The summed E-state index contributed by atoms with van der Waals surface area (Å²) in [5.74, 6) is 1.86. The summed E-state index contributed by atoms with van der Waals surface area (Å²) in [6.07, 6.45) is 8.89. The highest BCUT2D eigenvalue weighted by Gasteiger charge is 2.24. The van der Waals surface area contributed by atoms with Crippen LogP contribution in [0.25, 0.3) is 0 Å². The third-order valence-electron chi connectivity index (χ3n) is 4.54. The van der Waals surface area contributed by atoms with Crippen molar-refractivity contribution >= 4 is 11.7 Å². The van der Waals surface area contributed by atoms with Crippen LogP contribution in [0.1, 0.15) is 41.2 Å². The topological polar surface area (TPSA) is 84.2 Å². The number of carbonyl (C=O) groups excluding carboxylic acids is 1. The molecular formula is C17H23N5O2. The van der Waals surface area contributed by atoms with Crippen LogP contribution in [0.2, 0.25) is 0 Å². The van der Waals surface area contributed by atoms with Gasteiger partial charge in [0.1, 0.15) is 11.6 Å². The van der Waals surface area contributed by atoms with Crippen molar-refractivity contribution < 1.29 is 9.21 Å². The van der Waals surface area contributed by atoms with Crippen molar-refractivity contribution in [1.82, 2.24) is 19.9 Å². The number of carbonyl (C=O) groups is 1. The number of anilines is 1. The molecule has 7 nitrogen and oxygen atoms in total. The number of oxazole rings is 1. The molecule has 24 heavy (non-hydrogen) atoms. The van der Waals surface area contributed by atoms with E-state index in [4.69, 9.17) is 4.42 Å². The van der Waals surface area contributed by atoms with Gasteiger partial charge >= 0.3 is 0 Å². The van der Waals surface area contributed by atoms with Gasteiger partial charge < -0.3 is 14.6 Å². The molecule has 128 valence electrons. The third-order valence-corrected chi connectivity index (χ3v) is 4.54. The molecule has 0 aliphatic carbocycles. The molecule has 1 saturated heterocycles. The maximum absolute atomic E-state index is 12.5. The summed E-state index contributed by atoms with van der Waals surface area (Å²) in [6.45, 7) is 3.29. The molecule has 3 rings (SSSR count). The monoisotopic (exact) mass is 329 g/mol. The first kappa shape index (κ1) is 16.4. The van der Waals surface area contributed by atoms with Crippen molar-refractivity contribution in [3.63, 3.8) is 0 Å². The van der Waals surface area contributed by atoms with Crippen LogP contribution < -0.4 is 5.32 Å². The maximum Gasteiger partial charge on any atom is 0.276 e. The molecule has 0 bridgehead atoms. The van der Waals surface area contributed by atoms with E-state index < -0.39 is 0 Å². The second-order valence-corrected chi connectivity index (χ2v) is 6.19. The van der Waals surface area contributed by atoms with Crippen LogP contribution in [0.5, 0.6) is 0 Å². The molecule has 1 fully saturated rings. The molecule has 0 aromatic carbocycles. The fraction of sp³-hybridized carbons (Fsp3) is 0.529. The number of nitrogens with one attached hydrogen (secondary N) is 1. The van der Waals surface area contributed by atoms with Crippen molar-refractivity contribution in [1.29, 1.82) is 0 Å². The van der Waals surface area contributed by atoms with Crippen LogP contribution >= 0.6 is 0 Å². The van der Waals surface area contributed by atoms with E-state index >= 15 is 0 Å². The van der Waals surface area contributed by atoms with E-state index in [-0.39, 0.29) is 5.91 Å². The number of hydrogen-bond donors (Lipinski definition) is 1. The van der Waals surface area contributed by atoms with Gasteiger partial charge in [-0.1, -0.05) is 0 Å². The lowest BCUT2D eigenvalue weighted by Crippen LogP contribution is -2.32. The minimum Gasteiger partial charge on any atom is -0.448 e.